The molecule has 0 radical (unpaired) electrons. The van der Waals surface area contributed by atoms with E-state index in [0.29, 0.717) is 17.1 Å². The summed E-state index contributed by atoms with van der Waals surface area (Å²) in [6.07, 6.45) is 1.44. The van der Waals surface area contributed by atoms with Gasteiger partial charge in [0.2, 0.25) is 0 Å². The van der Waals surface area contributed by atoms with Crippen LogP contribution >= 0.6 is 0 Å². The highest BCUT2D eigenvalue weighted by Gasteiger charge is 2.09. The molecule has 1 amide bonds. The summed E-state index contributed by atoms with van der Waals surface area (Å²) in [4.78, 5) is 22.7. The largest absolute Gasteiger partial charge is 0.493 e. The highest BCUT2D eigenvalue weighted by Crippen LogP contribution is 2.27. The van der Waals surface area contributed by atoms with Crippen LogP contribution in [-0.2, 0) is 4.79 Å². The number of carbonyl (C=O) groups excluding carboxylic acids is 2. The van der Waals surface area contributed by atoms with Gasteiger partial charge in [0.05, 0.1) is 13.3 Å². The van der Waals surface area contributed by atoms with Gasteiger partial charge in [-0.3, -0.25) is 14.7 Å². The van der Waals surface area contributed by atoms with Crippen molar-refractivity contribution in [3.63, 3.8) is 0 Å². The SMILES string of the molecule is COc1cc(/C=N/NC(=O)c2cc(C)[nH]n2)ccc1OC(C)=O. The van der Waals surface area contributed by atoms with E-state index < -0.39 is 11.9 Å². The number of hydrazone groups is 1. The lowest BCUT2D eigenvalue weighted by molar-refractivity contribution is -0.132. The molecule has 0 aliphatic carbocycles. The number of benzene rings is 1. The van der Waals surface area contributed by atoms with Crippen LogP contribution in [0.4, 0.5) is 0 Å². The number of ether oxygens (including phenoxy) is 2. The number of aromatic nitrogens is 2. The number of carbonyl (C=O) groups is 2. The van der Waals surface area contributed by atoms with Crippen LogP contribution < -0.4 is 14.9 Å². The van der Waals surface area contributed by atoms with Gasteiger partial charge in [0, 0.05) is 12.6 Å². The van der Waals surface area contributed by atoms with Gasteiger partial charge in [0.15, 0.2) is 17.2 Å². The molecule has 1 aromatic carbocycles. The zero-order chi connectivity index (χ0) is 16.8. The molecule has 2 N–H and O–H groups in total. The van der Waals surface area contributed by atoms with Crippen LogP contribution in [0, 0.1) is 6.92 Å². The molecule has 0 aliphatic heterocycles. The second-order valence-corrected chi connectivity index (χ2v) is 4.64. The number of H-pyrrole nitrogens is 1. The van der Waals surface area contributed by atoms with Gasteiger partial charge in [-0.2, -0.15) is 10.2 Å². The first-order chi connectivity index (χ1) is 11.0. The number of hydrogen-bond acceptors (Lipinski definition) is 6. The standard InChI is InChI=1S/C15H16N4O4/c1-9-6-12(18-17-9)15(21)19-16-8-11-4-5-13(23-10(2)20)14(7-11)22-3/h4-8H,1-3H3,(H,17,18)(H,19,21)/b16-8+. The number of methoxy groups -OCH3 is 1. The van der Waals surface area contributed by atoms with E-state index in [1.807, 2.05) is 0 Å². The fraction of sp³-hybridized carbons (Fsp3) is 0.200. The Hall–Kier alpha value is -3.16. The summed E-state index contributed by atoms with van der Waals surface area (Å²) in [6.45, 7) is 3.10. The molecule has 0 unspecified atom stereocenters. The number of amides is 1. The maximum Gasteiger partial charge on any atom is 0.308 e. The minimum absolute atomic E-state index is 0.252. The molecule has 2 aromatic rings. The molecule has 2 rings (SSSR count). The average Bonchev–Trinajstić information content (AvgIpc) is 2.94. The molecule has 0 saturated heterocycles. The van der Waals surface area contributed by atoms with Gasteiger partial charge in [-0.05, 0) is 36.8 Å². The summed E-state index contributed by atoms with van der Waals surface area (Å²) in [6, 6.07) is 6.50. The number of nitrogens with one attached hydrogen (secondary N) is 2. The first-order valence-electron chi connectivity index (χ1n) is 6.71. The minimum Gasteiger partial charge on any atom is -0.493 e. The maximum atomic E-state index is 11.8. The van der Waals surface area contributed by atoms with E-state index in [4.69, 9.17) is 9.47 Å². The zero-order valence-electron chi connectivity index (χ0n) is 12.9. The van der Waals surface area contributed by atoms with Crippen molar-refractivity contribution in [2.75, 3.05) is 7.11 Å². The van der Waals surface area contributed by atoms with Gasteiger partial charge in [0.1, 0.15) is 0 Å². The summed E-state index contributed by atoms with van der Waals surface area (Å²) in [5, 5.41) is 10.4. The second-order valence-electron chi connectivity index (χ2n) is 4.64. The molecular formula is C15H16N4O4. The van der Waals surface area contributed by atoms with E-state index in [0.717, 1.165) is 5.69 Å². The number of aromatic amines is 1. The molecule has 0 fully saturated rings. The predicted molar refractivity (Wildman–Crippen MR) is 82.7 cm³/mol. The summed E-state index contributed by atoms with van der Waals surface area (Å²) >= 11 is 0. The minimum atomic E-state index is -0.439. The fourth-order valence-corrected chi connectivity index (χ4v) is 1.76. The van der Waals surface area contributed by atoms with Crippen LogP contribution in [0.2, 0.25) is 0 Å². The second kappa shape index (κ2) is 7.21. The molecular weight excluding hydrogens is 300 g/mol. The van der Waals surface area contributed by atoms with Gasteiger partial charge in [-0.25, -0.2) is 5.43 Å². The monoisotopic (exact) mass is 316 g/mol. The van der Waals surface area contributed by atoms with E-state index >= 15 is 0 Å². The number of rotatable bonds is 5. The van der Waals surface area contributed by atoms with Crippen LogP contribution in [0.3, 0.4) is 0 Å². The Kier molecular flexibility index (Phi) is 5.08. The summed E-state index contributed by atoms with van der Waals surface area (Å²) in [7, 11) is 1.46. The molecule has 120 valence electrons. The lowest BCUT2D eigenvalue weighted by Crippen LogP contribution is -2.18. The Bertz CT molecular complexity index is 752. The molecule has 0 atom stereocenters. The third kappa shape index (κ3) is 4.40. The first-order valence-corrected chi connectivity index (χ1v) is 6.71. The van der Waals surface area contributed by atoms with Crippen LogP contribution in [0.15, 0.2) is 29.4 Å². The van der Waals surface area contributed by atoms with Crippen LogP contribution in [-0.4, -0.2) is 35.4 Å². The lowest BCUT2D eigenvalue weighted by atomic mass is 10.2. The van der Waals surface area contributed by atoms with Gasteiger partial charge in [0.25, 0.3) is 5.91 Å². The number of aryl methyl sites for hydroxylation is 1. The number of esters is 1. The van der Waals surface area contributed by atoms with Crippen molar-refractivity contribution in [1.82, 2.24) is 15.6 Å². The fourth-order valence-electron chi connectivity index (χ4n) is 1.76. The molecule has 23 heavy (non-hydrogen) atoms. The first kappa shape index (κ1) is 16.2. The zero-order valence-corrected chi connectivity index (χ0v) is 12.9. The van der Waals surface area contributed by atoms with Crippen molar-refractivity contribution < 1.29 is 19.1 Å². The smallest absolute Gasteiger partial charge is 0.308 e. The number of nitrogens with zero attached hydrogens (tertiary/aromatic N) is 2. The highest BCUT2D eigenvalue weighted by molar-refractivity contribution is 5.93. The average molecular weight is 316 g/mol. The quantitative estimate of drug-likeness (QED) is 0.375. The maximum absolute atomic E-state index is 11.8. The van der Waals surface area contributed by atoms with Gasteiger partial charge >= 0.3 is 5.97 Å². The third-order valence-corrected chi connectivity index (χ3v) is 2.76. The Morgan fingerprint density at radius 2 is 2.09 bits per heavy atom. The van der Waals surface area contributed by atoms with Crippen molar-refractivity contribution in [3.8, 4) is 11.5 Å². The van der Waals surface area contributed by atoms with Gasteiger partial charge in [-0.15, -0.1) is 0 Å². The Morgan fingerprint density at radius 1 is 1.30 bits per heavy atom. The van der Waals surface area contributed by atoms with Crippen LogP contribution in [0.5, 0.6) is 11.5 Å². The molecule has 0 bridgehead atoms. The third-order valence-electron chi connectivity index (χ3n) is 2.76. The summed E-state index contributed by atoms with van der Waals surface area (Å²) in [5.74, 6) is -0.160. The Labute approximate surface area is 132 Å². The molecule has 0 saturated carbocycles. The summed E-state index contributed by atoms with van der Waals surface area (Å²) in [5.41, 5.74) is 4.06. The summed E-state index contributed by atoms with van der Waals surface area (Å²) < 4.78 is 10.2. The van der Waals surface area contributed by atoms with Gasteiger partial charge in [-0.1, -0.05) is 0 Å². The van der Waals surface area contributed by atoms with E-state index in [1.165, 1.54) is 20.2 Å². The topological polar surface area (TPSA) is 106 Å². The molecule has 0 aliphatic rings. The van der Waals surface area contributed by atoms with Crippen molar-refractivity contribution in [2.24, 2.45) is 5.10 Å². The van der Waals surface area contributed by atoms with E-state index in [9.17, 15) is 9.59 Å². The van der Waals surface area contributed by atoms with Gasteiger partial charge < -0.3 is 9.47 Å². The van der Waals surface area contributed by atoms with Crippen molar-refractivity contribution >= 4 is 18.1 Å². The molecule has 0 spiro atoms. The number of hydrogen-bond donors (Lipinski definition) is 2. The van der Waals surface area contributed by atoms with Crippen molar-refractivity contribution in [1.29, 1.82) is 0 Å². The predicted octanol–water partition coefficient (Wildman–Crippen LogP) is 1.42. The highest BCUT2D eigenvalue weighted by atomic mass is 16.6. The lowest BCUT2D eigenvalue weighted by Gasteiger charge is -2.08. The van der Waals surface area contributed by atoms with E-state index in [-0.39, 0.29) is 5.69 Å². The van der Waals surface area contributed by atoms with Crippen molar-refractivity contribution in [2.45, 2.75) is 13.8 Å². The van der Waals surface area contributed by atoms with E-state index in [1.54, 1.807) is 31.2 Å². The van der Waals surface area contributed by atoms with Crippen LogP contribution in [0.1, 0.15) is 28.7 Å². The Morgan fingerprint density at radius 3 is 2.70 bits per heavy atom. The Balaban J connectivity index is 2.04. The molecule has 8 nitrogen and oxygen atoms in total. The normalized spacial score (nSPS) is 10.6. The molecule has 1 heterocycles. The van der Waals surface area contributed by atoms with E-state index in [2.05, 4.69) is 20.7 Å². The van der Waals surface area contributed by atoms with Crippen LogP contribution in [0.25, 0.3) is 0 Å². The molecule has 1 aromatic heterocycles. The molecule has 8 heteroatoms. The van der Waals surface area contributed by atoms with Crippen molar-refractivity contribution in [3.05, 3.63) is 41.2 Å².